The lowest BCUT2D eigenvalue weighted by Crippen LogP contribution is -2.30. The molecule has 0 saturated heterocycles. The summed E-state index contributed by atoms with van der Waals surface area (Å²) >= 11 is 0. The highest BCUT2D eigenvalue weighted by molar-refractivity contribution is 5.71. The summed E-state index contributed by atoms with van der Waals surface area (Å²) in [5, 5.41) is 0. The minimum Gasteiger partial charge on any atom is -0.462 e. The molecule has 366 valence electrons. The molecule has 6 heteroatoms. The zero-order valence-electron chi connectivity index (χ0n) is 41.6. The lowest BCUT2D eigenvalue weighted by atomic mass is 10.1. The van der Waals surface area contributed by atoms with Gasteiger partial charge in [0.05, 0.1) is 0 Å². The van der Waals surface area contributed by atoms with Crippen molar-refractivity contribution in [1.82, 2.24) is 0 Å². The molecule has 0 aliphatic heterocycles. The van der Waals surface area contributed by atoms with E-state index in [0.29, 0.717) is 19.3 Å². The van der Waals surface area contributed by atoms with Crippen LogP contribution in [0.2, 0.25) is 0 Å². The van der Waals surface area contributed by atoms with Gasteiger partial charge in [-0.3, -0.25) is 14.4 Å². The maximum Gasteiger partial charge on any atom is 0.306 e. The quantitative estimate of drug-likeness (QED) is 0.0199. The second-order valence-electron chi connectivity index (χ2n) is 16.2. The number of carbonyl (C=O) groups excluding carboxylic acids is 3. The summed E-state index contributed by atoms with van der Waals surface area (Å²) < 4.78 is 16.6. The molecule has 0 heterocycles. The van der Waals surface area contributed by atoms with E-state index in [2.05, 4.69) is 124 Å². The fraction of sp³-hybridized carbons (Fsp3) is 0.517. The number of rotatable bonds is 43. The molecule has 1 unspecified atom stereocenters. The van der Waals surface area contributed by atoms with E-state index in [-0.39, 0.29) is 38.0 Å². The SMILES string of the molecule is CC/C=C/C=C/C=C/C=C/C=C/CCCC(=O)OCC(COC(=O)CCCCCCC/C=C/C=C/C=C/C=C/CCCCC)OC(=O)CCC/C=C/C/C=C/C/C=C/C/C=C/CCCCC. The molecule has 0 aromatic carbocycles. The van der Waals surface area contributed by atoms with E-state index in [1.165, 1.54) is 44.9 Å². The number of allylic oxidation sites excluding steroid dienone is 26. The normalized spacial score (nSPS) is 13.4. The van der Waals surface area contributed by atoms with Crippen molar-refractivity contribution in [3.63, 3.8) is 0 Å². The van der Waals surface area contributed by atoms with E-state index in [9.17, 15) is 14.4 Å². The average molecular weight is 907 g/mol. The third kappa shape index (κ3) is 50.0. The third-order valence-electron chi connectivity index (χ3n) is 9.96. The van der Waals surface area contributed by atoms with E-state index in [1.807, 2.05) is 54.7 Å². The van der Waals surface area contributed by atoms with Crippen molar-refractivity contribution >= 4 is 17.9 Å². The van der Waals surface area contributed by atoms with Crippen molar-refractivity contribution in [3.8, 4) is 0 Å². The summed E-state index contributed by atoms with van der Waals surface area (Å²) in [4.78, 5) is 37.9. The Kier molecular flexibility index (Phi) is 48.7. The van der Waals surface area contributed by atoms with Crippen LogP contribution < -0.4 is 0 Å². The minimum atomic E-state index is -0.853. The highest BCUT2D eigenvalue weighted by atomic mass is 16.6. The molecule has 0 fully saturated rings. The van der Waals surface area contributed by atoms with Gasteiger partial charge in [-0.05, 0) is 96.3 Å². The molecule has 0 amide bonds. The topological polar surface area (TPSA) is 78.9 Å². The summed E-state index contributed by atoms with van der Waals surface area (Å²) in [6.45, 7) is 6.26. The number of carbonyl (C=O) groups is 3. The molecular weight excluding hydrogens is 817 g/mol. The van der Waals surface area contributed by atoms with Gasteiger partial charge in [0.2, 0.25) is 0 Å². The molecule has 0 saturated carbocycles. The average Bonchev–Trinajstić information content (AvgIpc) is 3.31. The van der Waals surface area contributed by atoms with Crippen LogP contribution in [0.3, 0.4) is 0 Å². The van der Waals surface area contributed by atoms with Gasteiger partial charge >= 0.3 is 17.9 Å². The first-order chi connectivity index (χ1) is 32.5. The highest BCUT2D eigenvalue weighted by Crippen LogP contribution is 2.11. The van der Waals surface area contributed by atoms with Crippen molar-refractivity contribution in [1.29, 1.82) is 0 Å². The van der Waals surface area contributed by atoms with Crippen LogP contribution in [0.5, 0.6) is 0 Å². The summed E-state index contributed by atoms with van der Waals surface area (Å²) in [5.41, 5.74) is 0. The second kappa shape index (κ2) is 52.7. The Morgan fingerprint density at radius 2 is 0.667 bits per heavy atom. The Bertz CT molecular complexity index is 1560. The molecule has 0 rings (SSSR count). The predicted molar refractivity (Wildman–Crippen MR) is 283 cm³/mol. The van der Waals surface area contributed by atoms with E-state index in [1.54, 1.807) is 0 Å². The lowest BCUT2D eigenvalue weighted by molar-refractivity contribution is -0.167. The van der Waals surface area contributed by atoms with Crippen molar-refractivity contribution in [2.24, 2.45) is 0 Å². The van der Waals surface area contributed by atoms with Crippen molar-refractivity contribution < 1.29 is 28.6 Å². The second-order valence-corrected chi connectivity index (χ2v) is 16.2. The first-order valence-corrected chi connectivity index (χ1v) is 25.6. The van der Waals surface area contributed by atoms with Crippen LogP contribution in [0.1, 0.15) is 181 Å². The standard InChI is InChI=1S/C60H90O6/c1-4-7-10-13-16-19-22-25-27-29-31-32-35-38-41-44-47-50-53-59(62)65-56-57(55-64-58(61)52-49-46-43-40-37-34-24-21-18-15-12-9-6-3)66-60(63)54-51-48-45-42-39-36-33-30-28-26-23-20-17-14-11-8-5-2/h9,12,15-22,24-29,31-34,36-37,40,42-43,45,57H,4-8,10-11,13-14,23,30,35,38-39,41,44,46-56H2,1-3H3/b12-9+,18-15+,19-16+,20-17+,24-21+,25-22+,28-26+,29-27+,32-31+,36-33+,37-34+,43-40+,45-42+. The monoisotopic (exact) mass is 907 g/mol. The molecule has 0 aromatic rings. The maximum atomic E-state index is 12.8. The van der Waals surface area contributed by atoms with Gasteiger partial charge in [-0.1, -0.05) is 224 Å². The van der Waals surface area contributed by atoms with Crippen LogP contribution in [-0.4, -0.2) is 37.2 Å². The highest BCUT2D eigenvalue weighted by Gasteiger charge is 2.19. The first-order valence-electron chi connectivity index (χ1n) is 25.6. The van der Waals surface area contributed by atoms with Gasteiger partial charge in [-0.15, -0.1) is 0 Å². The molecule has 0 bridgehead atoms. The third-order valence-corrected chi connectivity index (χ3v) is 9.96. The summed E-state index contributed by atoms with van der Waals surface area (Å²) in [6.07, 6.45) is 76.6. The Morgan fingerprint density at radius 1 is 0.333 bits per heavy atom. The Morgan fingerprint density at radius 3 is 1.14 bits per heavy atom. The molecule has 0 aromatic heterocycles. The molecule has 0 radical (unpaired) electrons. The van der Waals surface area contributed by atoms with E-state index >= 15 is 0 Å². The predicted octanol–water partition coefficient (Wildman–Crippen LogP) is 17.0. The molecule has 6 nitrogen and oxygen atoms in total. The van der Waals surface area contributed by atoms with Crippen LogP contribution in [0.4, 0.5) is 0 Å². The maximum absolute atomic E-state index is 12.8. The zero-order chi connectivity index (χ0) is 47.9. The van der Waals surface area contributed by atoms with E-state index in [4.69, 9.17) is 14.2 Å². The fourth-order valence-corrected chi connectivity index (χ4v) is 6.12. The molecule has 0 N–H and O–H groups in total. The number of hydrogen-bond acceptors (Lipinski definition) is 6. The molecule has 66 heavy (non-hydrogen) atoms. The Balaban J connectivity index is 4.66. The number of unbranched alkanes of at least 4 members (excludes halogenated alkanes) is 13. The fourth-order valence-electron chi connectivity index (χ4n) is 6.12. The lowest BCUT2D eigenvalue weighted by Gasteiger charge is -2.18. The van der Waals surface area contributed by atoms with Gasteiger partial charge in [-0.25, -0.2) is 0 Å². The molecule has 0 aliphatic rings. The van der Waals surface area contributed by atoms with Gasteiger partial charge in [0.1, 0.15) is 13.2 Å². The van der Waals surface area contributed by atoms with Gasteiger partial charge in [-0.2, -0.15) is 0 Å². The number of ether oxygens (including phenoxy) is 3. The van der Waals surface area contributed by atoms with Crippen LogP contribution >= 0.6 is 0 Å². The number of esters is 3. The van der Waals surface area contributed by atoms with Crippen LogP contribution in [0, 0.1) is 0 Å². The zero-order valence-corrected chi connectivity index (χ0v) is 41.6. The van der Waals surface area contributed by atoms with Crippen LogP contribution in [0.25, 0.3) is 0 Å². The van der Waals surface area contributed by atoms with Gasteiger partial charge in [0.25, 0.3) is 0 Å². The van der Waals surface area contributed by atoms with Crippen LogP contribution in [-0.2, 0) is 28.6 Å². The van der Waals surface area contributed by atoms with Gasteiger partial charge in [0.15, 0.2) is 6.10 Å². The summed E-state index contributed by atoms with van der Waals surface area (Å²) in [5.74, 6) is -1.11. The molecule has 0 spiro atoms. The van der Waals surface area contributed by atoms with Crippen molar-refractivity contribution in [2.75, 3.05) is 13.2 Å². The summed E-state index contributed by atoms with van der Waals surface area (Å²) in [7, 11) is 0. The molecular formula is C60H90O6. The van der Waals surface area contributed by atoms with Crippen molar-refractivity contribution in [2.45, 2.75) is 187 Å². The van der Waals surface area contributed by atoms with E-state index in [0.717, 1.165) is 83.5 Å². The first kappa shape index (κ1) is 61.0. The van der Waals surface area contributed by atoms with Crippen LogP contribution in [0.15, 0.2) is 158 Å². The minimum absolute atomic E-state index is 0.143. The van der Waals surface area contributed by atoms with Gasteiger partial charge < -0.3 is 14.2 Å². The smallest absolute Gasteiger partial charge is 0.306 e. The molecule has 0 aliphatic carbocycles. The van der Waals surface area contributed by atoms with Gasteiger partial charge in [0, 0.05) is 19.3 Å². The largest absolute Gasteiger partial charge is 0.462 e. The Labute approximate surface area is 403 Å². The van der Waals surface area contributed by atoms with Crippen molar-refractivity contribution in [3.05, 3.63) is 158 Å². The summed E-state index contributed by atoms with van der Waals surface area (Å²) in [6, 6.07) is 0. The van der Waals surface area contributed by atoms with E-state index < -0.39 is 12.1 Å². The molecule has 1 atom stereocenters. The number of hydrogen-bond donors (Lipinski definition) is 0. The Hall–Kier alpha value is -4.97.